The maximum absolute atomic E-state index is 15.1. The van der Waals surface area contributed by atoms with Crippen molar-refractivity contribution in [3.05, 3.63) is 93.9 Å². The van der Waals surface area contributed by atoms with E-state index in [9.17, 15) is 22.3 Å². The molecule has 0 saturated carbocycles. The number of halogens is 4. The molecule has 0 spiro atoms. The number of nitrogens with zero attached hydrogens (tertiary/aromatic N) is 2. The van der Waals surface area contributed by atoms with E-state index in [1.165, 1.54) is 18.2 Å². The first-order valence-corrected chi connectivity index (χ1v) is 11.8. The molecule has 0 fully saturated rings. The van der Waals surface area contributed by atoms with Gasteiger partial charge in [-0.15, -0.1) is 0 Å². The summed E-state index contributed by atoms with van der Waals surface area (Å²) in [5.74, 6) is -5.23. The first-order chi connectivity index (χ1) is 16.7. The Hall–Kier alpha value is -3.18. The van der Waals surface area contributed by atoms with Gasteiger partial charge >= 0.3 is 0 Å². The summed E-state index contributed by atoms with van der Waals surface area (Å²) in [6.07, 6.45) is 1.55. The van der Waals surface area contributed by atoms with Crippen molar-refractivity contribution in [3.8, 4) is 11.3 Å². The number of hydrogen-bond donors (Lipinski definition) is 1. The van der Waals surface area contributed by atoms with Gasteiger partial charge in [-0.05, 0) is 54.8 Å². The lowest BCUT2D eigenvalue weighted by Crippen LogP contribution is -2.18. The molecular formula is C24H16ClF3N3O3S-. The molecule has 0 aliphatic carbocycles. The topological polar surface area (TPSA) is 95.0 Å². The molecule has 1 unspecified atom stereocenters. The highest BCUT2D eigenvalue weighted by molar-refractivity contribution is 7.77. The molecule has 1 N–H and O–H groups in total. The van der Waals surface area contributed by atoms with Crippen LogP contribution >= 0.6 is 11.6 Å². The number of carbonyl (C=O) groups is 1. The number of fused-ring (bicyclic) bond motifs is 1. The summed E-state index contributed by atoms with van der Waals surface area (Å²) in [4.78, 5) is 21.8. The summed E-state index contributed by atoms with van der Waals surface area (Å²) in [6, 6.07) is 11.7. The quantitative estimate of drug-likeness (QED) is 0.155. The van der Waals surface area contributed by atoms with Crippen LogP contribution in [-0.4, -0.2) is 31.1 Å². The van der Waals surface area contributed by atoms with Crippen molar-refractivity contribution in [1.82, 2.24) is 14.7 Å². The van der Waals surface area contributed by atoms with Gasteiger partial charge in [0.15, 0.2) is 17.4 Å². The lowest BCUT2D eigenvalue weighted by atomic mass is 9.97. The Bertz CT molecular complexity index is 1450. The van der Waals surface area contributed by atoms with Crippen LogP contribution in [0.4, 0.5) is 13.2 Å². The van der Waals surface area contributed by atoms with E-state index in [-0.39, 0.29) is 30.5 Å². The number of ketones is 1. The molecule has 35 heavy (non-hydrogen) atoms. The smallest absolute Gasteiger partial charge is 0.199 e. The summed E-state index contributed by atoms with van der Waals surface area (Å²) >= 11 is 3.41. The van der Waals surface area contributed by atoms with Crippen LogP contribution in [0.15, 0.2) is 54.7 Å². The molecule has 1 heterocycles. The van der Waals surface area contributed by atoms with Gasteiger partial charge in [0.25, 0.3) is 0 Å². The van der Waals surface area contributed by atoms with Crippen LogP contribution in [0, 0.1) is 17.5 Å². The molecule has 4 aromatic rings. The fourth-order valence-corrected chi connectivity index (χ4v) is 3.97. The van der Waals surface area contributed by atoms with Crippen molar-refractivity contribution in [1.29, 1.82) is 0 Å². The predicted octanol–water partition coefficient (Wildman–Crippen LogP) is 4.91. The molecule has 11 heteroatoms. The molecule has 180 valence electrons. The minimum atomic E-state index is -2.50. The fraction of sp³-hybridized carbons (Fsp3) is 0.125. The van der Waals surface area contributed by atoms with Gasteiger partial charge in [-0.2, -0.15) is 0 Å². The molecule has 6 nitrogen and oxygen atoms in total. The molecular weight excluding hydrogens is 503 g/mol. The lowest BCUT2D eigenvalue weighted by Gasteiger charge is -2.12. The molecule has 0 bridgehead atoms. The second-order valence-electron chi connectivity index (χ2n) is 7.55. The van der Waals surface area contributed by atoms with Crippen LogP contribution in [-0.2, 0) is 17.7 Å². The Morgan fingerprint density at radius 2 is 1.77 bits per heavy atom. The van der Waals surface area contributed by atoms with Gasteiger partial charge in [0.05, 0.1) is 28.5 Å². The van der Waals surface area contributed by atoms with Crippen molar-refractivity contribution >= 4 is 39.7 Å². The summed E-state index contributed by atoms with van der Waals surface area (Å²) in [6.45, 7) is -0.0306. The third-order valence-corrected chi connectivity index (χ3v) is 5.94. The van der Waals surface area contributed by atoms with Gasteiger partial charge in [0, 0.05) is 34.0 Å². The Balaban J connectivity index is 1.68. The van der Waals surface area contributed by atoms with Gasteiger partial charge in [-0.25, -0.2) is 22.9 Å². The lowest BCUT2D eigenvalue weighted by molar-refractivity contribution is 0.102. The molecule has 0 radical (unpaired) electrons. The Kier molecular flexibility index (Phi) is 7.56. The number of carbonyl (C=O) groups excluding carboxylic acids is 1. The molecule has 0 amide bonds. The Morgan fingerprint density at radius 3 is 2.49 bits per heavy atom. The number of rotatable bonds is 8. The van der Waals surface area contributed by atoms with E-state index in [0.717, 1.165) is 5.56 Å². The van der Waals surface area contributed by atoms with Crippen molar-refractivity contribution in [3.63, 3.8) is 0 Å². The average molecular weight is 519 g/mol. The van der Waals surface area contributed by atoms with E-state index in [1.54, 1.807) is 30.5 Å². The first kappa shape index (κ1) is 24.9. The van der Waals surface area contributed by atoms with Crippen molar-refractivity contribution in [2.24, 2.45) is 0 Å². The number of aryl methyl sites for hydroxylation is 1. The summed E-state index contributed by atoms with van der Waals surface area (Å²) in [5.41, 5.74) is 0.607. The molecule has 3 aromatic carbocycles. The summed E-state index contributed by atoms with van der Waals surface area (Å²) in [5, 5.41) is 0.547. The zero-order valence-electron chi connectivity index (χ0n) is 17.9. The van der Waals surface area contributed by atoms with Crippen LogP contribution in [0.1, 0.15) is 27.9 Å². The van der Waals surface area contributed by atoms with E-state index in [0.29, 0.717) is 27.8 Å². The van der Waals surface area contributed by atoms with Gasteiger partial charge in [-0.1, -0.05) is 23.7 Å². The van der Waals surface area contributed by atoms with Gasteiger partial charge < -0.3 is 4.55 Å². The minimum Gasteiger partial charge on any atom is -0.760 e. The van der Waals surface area contributed by atoms with E-state index < -0.39 is 40.1 Å². The zero-order chi connectivity index (χ0) is 25.1. The normalized spacial score (nSPS) is 12.1. The van der Waals surface area contributed by atoms with Crippen molar-refractivity contribution in [2.45, 2.75) is 12.8 Å². The monoisotopic (exact) mass is 518 g/mol. The predicted molar refractivity (Wildman–Crippen MR) is 125 cm³/mol. The maximum atomic E-state index is 15.1. The van der Waals surface area contributed by atoms with Gasteiger partial charge in [-0.3, -0.25) is 14.0 Å². The number of nitrogens with one attached hydrogen (secondary N) is 1. The number of benzene rings is 3. The van der Waals surface area contributed by atoms with Crippen LogP contribution in [0.2, 0.25) is 5.02 Å². The Labute approximate surface area is 205 Å². The summed E-state index contributed by atoms with van der Waals surface area (Å²) < 4.78 is 67.0. The Morgan fingerprint density at radius 1 is 1.03 bits per heavy atom. The average Bonchev–Trinajstić information content (AvgIpc) is 2.84. The van der Waals surface area contributed by atoms with E-state index in [1.807, 2.05) is 0 Å². The molecule has 0 aliphatic rings. The molecule has 1 aromatic heterocycles. The summed E-state index contributed by atoms with van der Waals surface area (Å²) in [7, 11) is 0. The van der Waals surface area contributed by atoms with Crippen LogP contribution in [0.3, 0.4) is 0 Å². The molecule has 1 atom stereocenters. The van der Waals surface area contributed by atoms with Crippen LogP contribution in [0.25, 0.3) is 22.3 Å². The molecule has 0 aliphatic heterocycles. The third kappa shape index (κ3) is 5.57. The van der Waals surface area contributed by atoms with E-state index in [4.69, 9.17) is 11.6 Å². The highest BCUT2D eigenvalue weighted by atomic mass is 35.5. The first-order valence-electron chi connectivity index (χ1n) is 10.3. The van der Waals surface area contributed by atoms with Crippen molar-refractivity contribution in [2.75, 3.05) is 6.54 Å². The van der Waals surface area contributed by atoms with E-state index in [2.05, 4.69) is 14.7 Å². The zero-order valence-corrected chi connectivity index (χ0v) is 19.4. The SMILES string of the molecule is O=C(c1ccc2ncc(-c3ccc(Cl)cc3)nc2c1)c1c(F)c(F)cc(CCCNS(=O)[O-])c1F. The van der Waals surface area contributed by atoms with Gasteiger partial charge in [0.1, 0.15) is 5.82 Å². The van der Waals surface area contributed by atoms with Gasteiger partial charge in [0.2, 0.25) is 0 Å². The number of hydrogen-bond acceptors (Lipinski definition) is 5. The van der Waals surface area contributed by atoms with Crippen molar-refractivity contribution < 1.29 is 26.7 Å². The second-order valence-corrected chi connectivity index (χ2v) is 8.74. The molecule has 4 rings (SSSR count). The van der Waals surface area contributed by atoms with Crippen LogP contribution in [0.5, 0.6) is 0 Å². The standard InChI is InChI=1S/C24H17ClF3N3O3S/c25-16-6-3-13(4-7-16)20-12-29-18-8-5-15(11-19(18)31-20)24(32)21-22(27)14(10-17(26)23(21)28)2-1-9-30-35(33)34/h3-8,10-12,30H,1-2,9H2,(H,33,34)/p-1. The van der Waals surface area contributed by atoms with E-state index >= 15 is 4.39 Å². The largest absolute Gasteiger partial charge is 0.760 e. The highest BCUT2D eigenvalue weighted by Gasteiger charge is 2.25. The minimum absolute atomic E-state index is 0.0306. The number of aromatic nitrogens is 2. The highest BCUT2D eigenvalue weighted by Crippen LogP contribution is 2.26. The van der Waals surface area contributed by atoms with Crippen LogP contribution < -0.4 is 4.72 Å². The maximum Gasteiger partial charge on any atom is 0.199 e. The second kappa shape index (κ2) is 10.6. The third-order valence-electron chi connectivity index (χ3n) is 5.25. The molecule has 0 saturated heterocycles. The fourth-order valence-electron chi connectivity index (χ4n) is 3.53.